The highest BCUT2D eigenvalue weighted by atomic mass is 16.7. The summed E-state index contributed by atoms with van der Waals surface area (Å²) in [5.74, 6) is -0.780. The molecule has 2 rings (SSSR count). The van der Waals surface area contributed by atoms with Crippen LogP contribution in [0.25, 0.3) is 0 Å². The molecule has 0 saturated carbocycles. The molecule has 0 radical (unpaired) electrons. The number of aromatic carboxylic acids is 1. The van der Waals surface area contributed by atoms with E-state index in [4.69, 9.17) is 40.0 Å². The number of ether oxygens (including phenoxy) is 4. The van der Waals surface area contributed by atoms with Crippen LogP contribution in [0.4, 0.5) is 5.69 Å². The molecule has 0 amide bonds. The van der Waals surface area contributed by atoms with Crippen molar-refractivity contribution in [1.29, 1.82) is 0 Å². The van der Waals surface area contributed by atoms with Crippen molar-refractivity contribution >= 4 is 11.7 Å². The average Bonchev–Trinajstić information content (AvgIpc) is 2.61. The normalized spacial score (nSPS) is 9.77. The summed E-state index contributed by atoms with van der Waals surface area (Å²) in [7, 11) is 3.09. The zero-order chi connectivity index (χ0) is 19.5. The Morgan fingerprint density at radius 1 is 0.923 bits per heavy atom. The van der Waals surface area contributed by atoms with E-state index in [-0.39, 0.29) is 24.9 Å². The third-order valence-corrected chi connectivity index (χ3v) is 2.85. The van der Waals surface area contributed by atoms with Gasteiger partial charge in [0.25, 0.3) is 0 Å². The predicted octanol–water partition coefficient (Wildman–Crippen LogP) is 2.03. The molecule has 26 heavy (non-hydrogen) atoms. The van der Waals surface area contributed by atoms with Crippen molar-refractivity contribution in [2.24, 2.45) is 0 Å². The van der Waals surface area contributed by atoms with Crippen LogP contribution in [0.3, 0.4) is 0 Å². The first kappa shape index (κ1) is 20.9. The Kier molecular flexibility index (Phi) is 8.55. The van der Waals surface area contributed by atoms with Gasteiger partial charge in [-0.2, -0.15) is 0 Å². The molecule has 5 N–H and O–H groups in total. The number of phenols is 2. The Morgan fingerprint density at radius 3 is 2.08 bits per heavy atom. The van der Waals surface area contributed by atoms with E-state index in [9.17, 15) is 4.79 Å². The Bertz CT molecular complexity index is 720. The summed E-state index contributed by atoms with van der Waals surface area (Å²) in [4.78, 5) is 10.3. The van der Waals surface area contributed by atoms with Gasteiger partial charge in [-0.1, -0.05) is 0 Å². The number of phenolic OH excluding ortho intramolecular Hbond substituents is 2. The van der Waals surface area contributed by atoms with E-state index in [0.29, 0.717) is 17.2 Å². The van der Waals surface area contributed by atoms with Gasteiger partial charge in [0.15, 0.2) is 36.6 Å². The van der Waals surface area contributed by atoms with E-state index in [1.165, 1.54) is 6.07 Å². The number of hydrogen-bond acceptors (Lipinski definition) is 8. The van der Waals surface area contributed by atoms with Crippen LogP contribution in [0.5, 0.6) is 23.0 Å². The summed E-state index contributed by atoms with van der Waals surface area (Å²) in [5, 5.41) is 26.0. The predicted molar refractivity (Wildman–Crippen MR) is 92.6 cm³/mol. The molecule has 0 aromatic heterocycles. The molecular formula is C17H21NO8. The van der Waals surface area contributed by atoms with Gasteiger partial charge < -0.3 is 40.0 Å². The highest BCUT2D eigenvalue weighted by molar-refractivity contribution is 5.88. The quantitative estimate of drug-likeness (QED) is 0.328. The molecule has 0 fully saturated rings. The Balaban J connectivity index is 0.000000273. The Hall–Kier alpha value is -3.17. The topological polar surface area (TPSA) is 141 Å². The molecule has 0 atom stereocenters. The van der Waals surface area contributed by atoms with E-state index in [2.05, 4.69) is 0 Å². The first-order valence-corrected chi connectivity index (χ1v) is 7.27. The van der Waals surface area contributed by atoms with Crippen LogP contribution >= 0.6 is 0 Å². The summed E-state index contributed by atoms with van der Waals surface area (Å²) < 4.78 is 20.2. The maximum absolute atomic E-state index is 10.3. The molecular weight excluding hydrogens is 346 g/mol. The maximum Gasteiger partial charge on any atom is 0.335 e. The maximum atomic E-state index is 10.3. The molecule has 0 unspecified atom stereocenters. The van der Waals surface area contributed by atoms with Gasteiger partial charge in [0.2, 0.25) is 0 Å². The number of carboxylic acid groups (broad SMARTS) is 1. The number of carboxylic acids is 1. The fourth-order valence-electron chi connectivity index (χ4n) is 1.66. The lowest BCUT2D eigenvalue weighted by atomic mass is 10.2. The molecule has 9 nitrogen and oxygen atoms in total. The molecule has 0 spiro atoms. The molecule has 0 aliphatic rings. The minimum atomic E-state index is -1.14. The number of rotatable bonds is 7. The van der Waals surface area contributed by atoms with Gasteiger partial charge in [-0.15, -0.1) is 0 Å². The molecule has 0 bridgehead atoms. The van der Waals surface area contributed by atoms with Crippen LogP contribution < -0.4 is 15.2 Å². The number of carbonyl (C=O) groups is 1. The van der Waals surface area contributed by atoms with E-state index in [1.807, 2.05) is 0 Å². The zero-order valence-electron chi connectivity index (χ0n) is 14.3. The van der Waals surface area contributed by atoms with Crippen LogP contribution in [-0.4, -0.2) is 49.1 Å². The molecule has 0 aliphatic carbocycles. The van der Waals surface area contributed by atoms with Crippen molar-refractivity contribution in [1.82, 2.24) is 0 Å². The summed E-state index contributed by atoms with van der Waals surface area (Å²) in [6, 6.07) is 8.43. The summed E-state index contributed by atoms with van der Waals surface area (Å²) in [5.41, 5.74) is 6.17. The lowest BCUT2D eigenvalue weighted by Crippen LogP contribution is -2.04. The van der Waals surface area contributed by atoms with Crippen molar-refractivity contribution in [3.05, 3.63) is 42.0 Å². The Morgan fingerprint density at radius 2 is 1.54 bits per heavy atom. The Labute approximate surface area is 150 Å². The fourth-order valence-corrected chi connectivity index (χ4v) is 1.66. The number of benzene rings is 2. The van der Waals surface area contributed by atoms with Gasteiger partial charge in [-0.05, 0) is 30.3 Å². The second-order valence-corrected chi connectivity index (χ2v) is 4.82. The van der Waals surface area contributed by atoms with Crippen LogP contribution in [0, 0.1) is 0 Å². The van der Waals surface area contributed by atoms with Crippen LogP contribution in [-0.2, 0) is 9.47 Å². The minimum absolute atomic E-state index is 0.0553. The molecule has 0 heterocycles. The van der Waals surface area contributed by atoms with Gasteiger partial charge in [-0.25, -0.2) is 4.79 Å². The molecule has 0 saturated heterocycles. The number of methoxy groups -OCH3 is 2. The second-order valence-electron chi connectivity index (χ2n) is 4.82. The van der Waals surface area contributed by atoms with Crippen molar-refractivity contribution in [3.8, 4) is 23.0 Å². The molecule has 9 heteroatoms. The van der Waals surface area contributed by atoms with Crippen LogP contribution in [0.1, 0.15) is 10.4 Å². The van der Waals surface area contributed by atoms with Gasteiger partial charge in [0, 0.05) is 26.0 Å². The van der Waals surface area contributed by atoms with Crippen LogP contribution in [0.2, 0.25) is 0 Å². The number of nitrogens with two attached hydrogens (primary N) is 1. The molecule has 142 valence electrons. The van der Waals surface area contributed by atoms with E-state index in [1.54, 1.807) is 32.4 Å². The van der Waals surface area contributed by atoms with E-state index < -0.39 is 11.7 Å². The van der Waals surface area contributed by atoms with Gasteiger partial charge in [0.1, 0.15) is 0 Å². The average molecular weight is 367 g/mol. The first-order chi connectivity index (χ1) is 12.4. The fraction of sp³-hybridized carbons (Fsp3) is 0.235. The molecule has 2 aromatic rings. The van der Waals surface area contributed by atoms with Crippen LogP contribution in [0.15, 0.2) is 36.4 Å². The smallest absolute Gasteiger partial charge is 0.335 e. The number of hydrogen-bond donors (Lipinski definition) is 4. The van der Waals surface area contributed by atoms with Crippen molar-refractivity contribution < 1.29 is 39.1 Å². The summed E-state index contributed by atoms with van der Waals surface area (Å²) >= 11 is 0. The van der Waals surface area contributed by atoms with Gasteiger partial charge >= 0.3 is 5.97 Å². The molecule has 2 aromatic carbocycles. The first-order valence-electron chi connectivity index (χ1n) is 7.27. The SMILES string of the molecule is COCOc1ccc(N)cc1OCOC.O=C(O)c1ccc(O)c(O)c1. The largest absolute Gasteiger partial charge is 0.504 e. The van der Waals surface area contributed by atoms with E-state index in [0.717, 1.165) is 12.1 Å². The second kappa shape index (κ2) is 10.6. The standard InChI is InChI=1S/C10H15NO4.C7H6O4/c1-12-6-14-9-4-3-8(11)5-10(9)15-7-13-2;8-5-2-1-4(7(10)11)3-6(5)9/h3-5H,6-7,11H2,1-2H3;1-3,8-9H,(H,10,11). The third-order valence-electron chi connectivity index (χ3n) is 2.85. The lowest BCUT2D eigenvalue weighted by molar-refractivity contribution is 0.0323. The zero-order valence-corrected chi connectivity index (χ0v) is 14.3. The highest BCUT2D eigenvalue weighted by Gasteiger charge is 2.06. The monoisotopic (exact) mass is 367 g/mol. The number of nitrogen functional groups attached to an aromatic ring is 1. The summed E-state index contributed by atoms with van der Waals surface area (Å²) in [6.07, 6.45) is 0. The van der Waals surface area contributed by atoms with Gasteiger partial charge in [0.05, 0.1) is 5.56 Å². The highest BCUT2D eigenvalue weighted by Crippen LogP contribution is 2.29. The number of aromatic hydroxyl groups is 2. The number of anilines is 1. The lowest BCUT2D eigenvalue weighted by Gasteiger charge is -2.11. The van der Waals surface area contributed by atoms with Crippen molar-refractivity contribution in [2.75, 3.05) is 33.5 Å². The van der Waals surface area contributed by atoms with E-state index >= 15 is 0 Å². The van der Waals surface area contributed by atoms with Crippen molar-refractivity contribution in [3.63, 3.8) is 0 Å². The van der Waals surface area contributed by atoms with Gasteiger partial charge in [-0.3, -0.25) is 0 Å². The third kappa shape index (κ3) is 6.75. The molecule has 0 aliphatic heterocycles. The summed E-state index contributed by atoms with van der Waals surface area (Å²) in [6.45, 7) is 0.306. The van der Waals surface area contributed by atoms with Crippen molar-refractivity contribution in [2.45, 2.75) is 0 Å². The minimum Gasteiger partial charge on any atom is -0.504 e.